The third-order valence-corrected chi connectivity index (χ3v) is 6.77. The molecule has 3 aromatic heterocycles. The molecule has 9 nitrogen and oxygen atoms in total. The van der Waals surface area contributed by atoms with Crippen LogP contribution in [0.2, 0.25) is 0 Å². The molecule has 1 amide bonds. The number of anilines is 2. The molecule has 2 N–H and O–H groups in total. The van der Waals surface area contributed by atoms with Crippen LogP contribution in [0, 0.1) is 0 Å². The van der Waals surface area contributed by atoms with Crippen molar-refractivity contribution in [2.45, 2.75) is 65.2 Å². The summed E-state index contributed by atoms with van der Waals surface area (Å²) >= 11 is 0. The van der Waals surface area contributed by atoms with Crippen molar-refractivity contribution < 1.29 is 4.79 Å². The van der Waals surface area contributed by atoms with Crippen LogP contribution in [0.5, 0.6) is 0 Å². The van der Waals surface area contributed by atoms with E-state index in [-0.39, 0.29) is 11.9 Å². The van der Waals surface area contributed by atoms with E-state index in [1.165, 1.54) is 0 Å². The molecule has 0 spiro atoms. The van der Waals surface area contributed by atoms with Gasteiger partial charge in [-0.25, -0.2) is 9.97 Å². The minimum absolute atomic E-state index is 0.0633. The van der Waals surface area contributed by atoms with Crippen molar-refractivity contribution in [3.05, 3.63) is 47.4 Å². The summed E-state index contributed by atoms with van der Waals surface area (Å²) in [5, 5.41) is 8.21. The van der Waals surface area contributed by atoms with Gasteiger partial charge in [-0.3, -0.25) is 9.69 Å². The van der Waals surface area contributed by atoms with E-state index in [4.69, 9.17) is 15.7 Å². The molecule has 0 unspecified atom stereocenters. The Labute approximate surface area is 193 Å². The molecule has 2 atom stereocenters. The van der Waals surface area contributed by atoms with Crippen LogP contribution in [0.15, 0.2) is 30.6 Å². The number of nitrogens with zero attached hydrogens (tertiary/aromatic N) is 7. The highest BCUT2D eigenvalue weighted by molar-refractivity contribution is 6.10. The molecule has 0 aliphatic carbocycles. The van der Waals surface area contributed by atoms with E-state index in [0.717, 1.165) is 49.4 Å². The predicted molar refractivity (Wildman–Crippen MR) is 127 cm³/mol. The van der Waals surface area contributed by atoms with Crippen molar-refractivity contribution in [2.75, 3.05) is 16.3 Å². The summed E-state index contributed by atoms with van der Waals surface area (Å²) in [6, 6.07) is 7.78. The topological polar surface area (TPSA) is 106 Å². The summed E-state index contributed by atoms with van der Waals surface area (Å²) in [7, 11) is 0. The number of fused-ring (bicyclic) bond motifs is 1. The summed E-state index contributed by atoms with van der Waals surface area (Å²) in [6.45, 7) is 8.39. The number of nitrogens with two attached hydrogens (primary N) is 1. The van der Waals surface area contributed by atoms with Gasteiger partial charge in [-0.15, -0.1) is 10.2 Å². The summed E-state index contributed by atoms with van der Waals surface area (Å²) in [5.41, 5.74) is 9.58. The number of carbonyl (C=O) groups excluding carboxylic acids is 1. The molecule has 0 saturated carbocycles. The molecule has 9 heteroatoms. The maximum atomic E-state index is 13.6. The first-order valence-electron chi connectivity index (χ1n) is 11.7. The van der Waals surface area contributed by atoms with E-state index in [0.29, 0.717) is 35.5 Å². The van der Waals surface area contributed by atoms with Gasteiger partial charge in [0.15, 0.2) is 5.82 Å². The highest BCUT2D eigenvalue weighted by Crippen LogP contribution is 2.36. The second-order valence-corrected chi connectivity index (χ2v) is 8.80. The Morgan fingerprint density at radius 2 is 2.06 bits per heavy atom. The predicted octanol–water partition coefficient (Wildman–Crippen LogP) is 3.31. The zero-order valence-corrected chi connectivity index (χ0v) is 19.4. The maximum Gasteiger partial charge on any atom is 0.260 e. The number of hydrogen-bond donors (Lipinski definition) is 1. The number of amides is 1. The van der Waals surface area contributed by atoms with E-state index in [1.807, 2.05) is 42.7 Å². The molecule has 2 aliphatic heterocycles. The van der Waals surface area contributed by atoms with Gasteiger partial charge in [0.2, 0.25) is 0 Å². The van der Waals surface area contributed by atoms with Crippen LogP contribution in [0.1, 0.15) is 67.7 Å². The fraction of sp³-hybridized carbons (Fsp3) is 0.458. The number of hydrogen-bond acceptors (Lipinski definition) is 7. The molecular weight excluding hydrogens is 416 g/mol. The third-order valence-electron chi connectivity index (χ3n) is 6.77. The van der Waals surface area contributed by atoms with Crippen molar-refractivity contribution in [3.63, 3.8) is 0 Å². The smallest absolute Gasteiger partial charge is 0.260 e. The van der Waals surface area contributed by atoms with Crippen LogP contribution in [0.4, 0.5) is 11.6 Å². The molecule has 0 bridgehead atoms. The van der Waals surface area contributed by atoms with Crippen LogP contribution in [0.3, 0.4) is 0 Å². The highest BCUT2D eigenvalue weighted by Gasteiger charge is 2.35. The Morgan fingerprint density at radius 3 is 2.79 bits per heavy atom. The van der Waals surface area contributed by atoms with E-state index in [9.17, 15) is 4.79 Å². The Bertz CT molecular complexity index is 1190. The van der Waals surface area contributed by atoms with E-state index < -0.39 is 0 Å². The number of pyridine rings is 2. The van der Waals surface area contributed by atoms with Gasteiger partial charge < -0.3 is 15.2 Å². The van der Waals surface area contributed by atoms with Gasteiger partial charge >= 0.3 is 0 Å². The van der Waals surface area contributed by atoms with Crippen LogP contribution in [-0.4, -0.2) is 43.2 Å². The molecule has 1 fully saturated rings. The third kappa shape index (κ3) is 3.66. The second-order valence-electron chi connectivity index (χ2n) is 8.80. The standard InChI is InChI=1S/C24H30N8O/c1-4-18(25)22-17-13-32(20-10-6-9-19(27-20)23-29-26-14-30(23)5-2)24(33)16(17)12-21(28-22)31-11-7-8-15(31)3/h6,9-10,12,14-15,18H,4-5,7-8,11,13,25H2,1-3H3/t15-,18+/m1/s1. The van der Waals surface area contributed by atoms with Gasteiger partial charge in [-0.05, 0) is 51.3 Å². The lowest BCUT2D eigenvalue weighted by Crippen LogP contribution is -2.28. The van der Waals surface area contributed by atoms with Crippen molar-refractivity contribution in [1.82, 2.24) is 24.7 Å². The van der Waals surface area contributed by atoms with Crippen LogP contribution < -0.4 is 15.5 Å². The van der Waals surface area contributed by atoms with Crippen LogP contribution >= 0.6 is 0 Å². The lowest BCUT2D eigenvalue weighted by molar-refractivity contribution is 0.0996. The van der Waals surface area contributed by atoms with Crippen LogP contribution in [-0.2, 0) is 13.1 Å². The number of rotatable bonds is 6. The SMILES string of the molecule is CC[C@H](N)c1nc(N2CCC[C@H]2C)cc2c1CN(c1cccc(-c3nncn3CC)n1)C2=O. The second kappa shape index (κ2) is 8.55. The number of carbonyl (C=O) groups is 1. The van der Waals surface area contributed by atoms with E-state index >= 15 is 0 Å². The van der Waals surface area contributed by atoms with Gasteiger partial charge in [-0.1, -0.05) is 13.0 Å². The fourth-order valence-corrected chi connectivity index (χ4v) is 4.80. The molecular formula is C24H30N8O. The Morgan fingerprint density at radius 1 is 1.21 bits per heavy atom. The summed E-state index contributed by atoms with van der Waals surface area (Å²) in [4.78, 5) is 27.3. The van der Waals surface area contributed by atoms with E-state index in [1.54, 1.807) is 11.2 Å². The maximum absolute atomic E-state index is 13.6. The zero-order chi connectivity index (χ0) is 23.1. The van der Waals surface area contributed by atoms with Crippen LogP contribution in [0.25, 0.3) is 11.5 Å². The molecule has 33 heavy (non-hydrogen) atoms. The van der Waals surface area contributed by atoms with Crippen molar-refractivity contribution >= 4 is 17.5 Å². The highest BCUT2D eigenvalue weighted by atomic mass is 16.2. The molecule has 2 aliphatic rings. The minimum Gasteiger partial charge on any atom is -0.354 e. The Balaban J connectivity index is 1.54. The first kappa shape index (κ1) is 21.5. The van der Waals surface area contributed by atoms with Gasteiger partial charge in [0.05, 0.1) is 17.8 Å². The molecule has 5 heterocycles. The minimum atomic E-state index is -0.216. The number of aromatic nitrogens is 5. The largest absolute Gasteiger partial charge is 0.354 e. The molecule has 0 radical (unpaired) electrons. The normalized spacial score (nSPS) is 18.8. The zero-order valence-electron chi connectivity index (χ0n) is 19.4. The molecule has 3 aromatic rings. The first-order chi connectivity index (χ1) is 16.0. The van der Waals surface area contributed by atoms with Crippen molar-refractivity contribution in [2.24, 2.45) is 5.73 Å². The van der Waals surface area contributed by atoms with Gasteiger partial charge in [0, 0.05) is 30.7 Å². The molecule has 5 rings (SSSR count). The van der Waals surface area contributed by atoms with Gasteiger partial charge in [0.1, 0.15) is 23.7 Å². The monoisotopic (exact) mass is 446 g/mol. The average Bonchev–Trinajstić information content (AvgIpc) is 3.57. The summed E-state index contributed by atoms with van der Waals surface area (Å²) < 4.78 is 1.93. The Hall–Kier alpha value is -3.33. The number of aryl methyl sites for hydroxylation is 1. The lowest BCUT2D eigenvalue weighted by atomic mass is 10.0. The first-order valence-corrected chi connectivity index (χ1v) is 11.7. The summed E-state index contributed by atoms with van der Waals surface area (Å²) in [6.07, 6.45) is 4.71. The molecule has 172 valence electrons. The molecule has 0 aromatic carbocycles. The Kier molecular flexibility index (Phi) is 5.57. The quantitative estimate of drug-likeness (QED) is 0.619. The fourth-order valence-electron chi connectivity index (χ4n) is 4.80. The van der Waals surface area contributed by atoms with E-state index in [2.05, 4.69) is 22.0 Å². The average molecular weight is 447 g/mol. The summed E-state index contributed by atoms with van der Waals surface area (Å²) in [5.74, 6) is 2.06. The van der Waals surface area contributed by atoms with Crippen molar-refractivity contribution in [1.29, 1.82) is 0 Å². The molecule has 1 saturated heterocycles. The van der Waals surface area contributed by atoms with Gasteiger partial charge in [-0.2, -0.15) is 0 Å². The van der Waals surface area contributed by atoms with Crippen molar-refractivity contribution in [3.8, 4) is 11.5 Å². The lowest BCUT2D eigenvalue weighted by Gasteiger charge is -2.25. The van der Waals surface area contributed by atoms with Gasteiger partial charge in [0.25, 0.3) is 5.91 Å².